The third kappa shape index (κ3) is 4.50. The number of imide groups is 1. The second kappa shape index (κ2) is 9.33. The zero-order valence-corrected chi connectivity index (χ0v) is 16.9. The molecule has 1 aliphatic heterocycles. The molecule has 7 heteroatoms. The summed E-state index contributed by atoms with van der Waals surface area (Å²) in [6.45, 7) is 3.08. The molecule has 0 N–H and O–H groups in total. The van der Waals surface area contributed by atoms with Crippen molar-refractivity contribution in [3.8, 4) is 0 Å². The maximum Gasteiger partial charge on any atom is 0.241 e. The first kappa shape index (κ1) is 21.4. The van der Waals surface area contributed by atoms with Gasteiger partial charge in [0, 0.05) is 38.6 Å². The summed E-state index contributed by atoms with van der Waals surface area (Å²) in [5, 5.41) is 0.385. The molecule has 1 aliphatic rings. The summed E-state index contributed by atoms with van der Waals surface area (Å²) < 4.78 is 5.01. The number of carbonyl (C=O) groups excluding carboxylic acids is 3. The zero-order valence-electron chi connectivity index (χ0n) is 16.2. The van der Waals surface area contributed by atoms with Gasteiger partial charge in [-0.2, -0.15) is 0 Å². The van der Waals surface area contributed by atoms with Crippen LogP contribution in [0.5, 0.6) is 0 Å². The van der Waals surface area contributed by atoms with E-state index >= 15 is 0 Å². The molecule has 0 unspecified atom stereocenters. The third-order valence-electron chi connectivity index (χ3n) is 5.04. The Hall–Kier alpha value is -1.92. The Morgan fingerprint density at radius 3 is 2.67 bits per heavy atom. The van der Waals surface area contributed by atoms with E-state index in [1.165, 1.54) is 12.0 Å². The van der Waals surface area contributed by atoms with Crippen molar-refractivity contribution < 1.29 is 19.1 Å². The topological polar surface area (TPSA) is 66.9 Å². The molecule has 148 valence electrons. The molecule has 1 fully saturated rings. The van der Waals surface area contributed by atoms with Crippen LogP contribution in [0, 0.1) is 0 Å². The molecule has 1 aromatic carbocycles. The van der Waals surface area contributed by atoms with Gasteiger partial charge < -0.3 is 9.64 Å². The molecule has 6 nitrogen and oxygen atoms in total. The lowest BCUT2D eigenvalue weighted by molar-refractivity contribution is -0.143. The molecule has 0 radical (unpaired) electrons. The maximum atomic E-state index is 13.3. The predicted molar refractivity (Wildman–Crippen MR) is 104 cm³/mol. The Morgan fingerprint density at radius 2 is 2.04 bits per heavy atom. The lowest BCUT2D eigenvalue weighted by Gasteiger charge is -2.30. The first-order chi connectivity index (χ1) is 12.9. The molecule has 1 heterocycles. The average Bonchev–Trinajstić information content (AvgIpc) is 2.88. The van der Waals surface area contributed by atoms with Gasteiger partial charge in [-0.05, 0) is 18.1 Å². The summed E-state index contributed by atoms with van der Waals surface area (Å²) in [5.41, 5.74) is -0.733. The summed E-state index contributed by atoms with van der Waals surface area (Å²) in [7, 11) is 3.24. The van der Waals surface area contributed by atoms with Crippen LogP contribution in [0.15, 0.2) is 24.3 Å². The van der Waals surface area contributed by atoms with Crippen LogP contribution >= 0.6 is 11.6 Å². The Kier molecular flexibility index (Phi) is 7.39. The standard InChI is InChI=1S/C20H27ClN2O4/c1-4-5-10-22(2)17(24)13-20(15-8-6-7-9-16(15)21)14-18(25)23(19(20)26)11-12-27-3/h6-9H,4-5,10-14H2,1-3H3/t20-/m0/s1. The highest BCUT2D eigenvalue weighted by molar-refractivity contribution is 6.32. The number of amides is 3. The highest BCUT2D eigenvalue weighted by Crippen LogP contribution is 2.43. The van der Waals surface area contributed by atoms with Crippen LogP contribution < -0.4 is 0 Å². The number of hydrogen-bond donors (Lipinski definition) is 0. The van der Waals surface area contributed by atoms with E-state index < -0.39 is 5.41 Å². The fourth-order valence-corrected chi connectivity index (χ4v) is 3.73. The first-order valence-electron chi connectivity index (χ1n) is 9.20. The summed E-state index contributed by atoms with van der Waals surface area (Å²) >= 11 is 6.37. The lowest BCUT2D eigenvalue weighted by atomic mass is 9.75. The van der Waals surface area contributed by atoms with Crippen LogP contribution in [0.3, 0.4) is 0 Å². The highest BCUT2D eigenvalue weighted by Gasteiger charge is 2.54. The van der Waals surface area contributed by atoms with Crippen molar-refractivity contribution in [3.05, 3.63) is 34.9 Å². The number of hydrogen-bond acceptors (Lipinski definition) is 4. The number of likely N-dealkylation sites (tertiary alicyclic amines) is 1. The van der Waals surface area contributed by atoms with Crippen LogP contribution in [0.2, 0.25) is 5.02 Å². The number of unbranched alkanes of at least 4 members (excludes halogenated alkanes) is 1. The molecule has 0 aromatic heterocycles. The quantitative estimate of drug-likeness (QED) is 0.604. The third-order valence-corrected chi connectivity index (χ3v) is 5.37. The van der Waals surface area contributed by atoms with Crippen LogP contribution in [0.25, 0.3) is 0 Å². The Balaban J connectivity index is 2.39. The van der Waals surface area contributed by atoms with Gasteiger partial charge >= 0.3 is 0 Å². The Bertz CT molecular complexity index is 709. The number of halogens is 1. The molecule has 0 aliphatic carbocycles. The molecule has 3 amide bonds. The van der Waals surface area contributed by atoms with Gasteiger partial charge in [-0.1, -0.05) is 43.1 Å². The molecule has 0 bridgehead atoms. The number of carbonyl (C=O) groups is 3. The number of benzene rings is 1. The number of rotatable bonds is 9. The van der Waals surface area contributed by atoms with Gasteiger partial charge in [-0.3, -0.25) is 19.3 Å². The van der Waals surface area contributed by atoms with Gasteiger partial charge in [0.15, 0.2) is 0 Å². The van der Waals surface area contributed by atoms with Crippen LogP contribution in [-0.2, 0) is 24.5 Å². The lowest BCUT2D eigenvalue weighted by Crippen LogP contribution is -2.43. The van der Waals surface area contributed by atoms with Crippen molar-refractivity contribution in [2.75, 3.05) is 33.9 Å². The van der Waals surface area contributed by atoms with E-state index in [2.05, 4.69) is 6.92 Å². The molecule has 0 spiro atoms. The van der Waals surface area contributed by atoms with Crippen molar-refractivity contribution in [1.29, 1.82) is 0 Å². The summed E-state index contributed by atoms with van der Waals surface area (Å²) in [5.74, 6) is -0.853. The van der Waals surface area contributed by atoms with Gasteiger partial charge in [0.1, 0.15) is 0 Å². The van der Waals surface area contributed by atoms with Gasteiger partial charge in [0.2, 0.25) is 17.7 Å². The fourth-order valence-electron chi connectivity index (χ4n) is 3.42. The van der Waals surface area contributed by atoms with Gasteiger partial charge in [0.25, 0.3) is 0 Å². The summed E-state index contributed by atoms with van der Waals surface area (Å²) in [4.78, 5) is 41.5. The predicted octanol–water partition coefficient (Wildman–Crippen LogP) is 2.63. The molecule has 1 atom stereocenters. The van der Waals surface area contributed by atoms with E-state index in [9.17, 15) is 14.4 Å². The number of ether oxygens (including phenoxy) is 1. The minimum atomic E-state index is -1.26. The molecule has 1 aromatic rings. The van der Waals surface area contributed by atoms with E-state index in [0.29, 0.717) is 17.1 Å². The fraction of sp³-hybridized carbons (Fsp3) is 0.550. The van der Waals surface area contributed by atoms with Crippen molar-refractivity contribution in [2.45, 2.75) is 38.0 Å². The molecular formula is C20H27ClN2O4. The van der Waals surface area contributed by atoms with Crippen LogP contribution in [0.4, 0.5) is 0 Å². The van der Waals surface area contributed by atoms with Gasteiger partial charge in [-0.25, -0.2) is 0 Å². The number of nitrogens with zero attached hydrogens (tertiary/aromatic N) is 2. The second-order valence-electron chi connectivity index (χ2n) is 6.93. The second-order valence-corrected chi connectivity index (χ2v) is 7.33. The van der Waals surface area contributed by atoms with Crippen molar-refractivity contribution in [1.82, 2.24) is 9.80 Å². The minimum absolute atomic E-state index is 0.0629. The van der Waals surface area contributed by atoms with E-state index in [1.807, 2.05) is 0 Å². The normalized spacial score (nSPS) is 19.6. The van der Waals surface area contributed by atoms with E-state index in [1.54, 1.807) is 36.2 Å². The smallest absolute Gasteiger partial charge is 0.241 e. The van der Waals surface area contributed by atoms with E-state index in [4.69, 9.17) is 16.3 Å². The summed E-state index contributed by atoms with van der Waals surface area (Å²) in [6.07, 6.45) is 1.71. The van der Waals surface area contributed by atoms with Gasteiger partial charge in [-0.15, -0.1) is 0 Å². The van der Waals surface area contributed by atoms with Crippen molar-refractivity contribution >= 4 is 29.3 Å². The molecule has 1 saturated heterocycles. The molecule has 2 rings (SSSR count). The van der Waals surface area contributed by atoms with Gasteiger partial charge in [0.05, 0.1) is 18.6 Å². The number of methoxy groups -OCH3 is 1. The van der Waals surface area contributed by atoms with Crippen LogP contribution in [-0.4, -0.2) is 61.4 Å². The Morgan fingerprint density at radius 1 is 1.33 bits per heavy atom. The van der Waals surface area contributed by atoms with E-state index in [-0.39, 0.29) is 43.7 Å². The molecular weight excluding hydrogens is 368 g/mol. The zero-order chi connectivity index (χ0) is 20.0. The summed E-state index contributed by atoms with van der Waals surface area (Å²) in [6, 6.07) is 6.94. The van der Waals surface area contributed by atoms with Crippen LogP contribution in [0.1, 0.15) is 38.2 Å². The Labute approximate surface area is 165 Å². The van der Waals surface area contributed by atoms with Crippen molar-refractivity contribution in [3.63, 3.8) is 0 Å². The maximum absolute atomic E-state index is 13.3. The minimum Gasteiger partial charge on any atom is -0.383 e. The average molecular weight is 395 g/mol. The molecule has 0 saturated carbocycles. The monoisotopic (exact) mass is 394 g/mol. The first-order valence-corrected chi connectivity index (χ1v) is 9.58. The molecule has 27 heavy (non-hydrogen) atoms. The van der Waals surface area contributed by atoms with Crippen molar-refractivity contribution in [2.24, 2.45) is 0 Å². The van der Waals surface area contributed by atoms with E-state index in [0.717, 1.165) is 12.8 Å². The SMILES string of the molecule is CCCCN(C)C(=O)C[C@@]1(c2ccccc2Cl)CC(=O)N(CCOC)C1=O. The highest BCUT2D eigenvalue weighted by atomic mass is 35.5. The largest absolute Gasteiger partial charge is 0.383 e.